The summed E-state index contributed by atoms with van der Waals surface area (Å²) in [4.78, 5) is 12.1. The maximum absolute atomic E-state index is 12.1. The highest BCUT2D eigenvalue weighted by molar-refractivity contribution is 5.76. The lowest BCUT2D eigenvalue weighted by atomic mass is 10.1. The van der Waals surface area contributed by atoms with E-state index in [4.69, 9.17) is 4.74 Å². The lowest BCUT2D eigenvalue weighted by Crippen LogP contribution is -2.38. The molecule has 0 aliphatic carbocycles. The van der Waals surface area contributed by atoms with E-state index in [9.17, 15) is 4.79 Å². The molecule has 2 unspecified atom stereocenters. The molecule has 2 aromatic rings. The summed E-state index contributed by atoms with van der Waals surface area (Å²) in [6.45, 7) is 2.16. The number of hydrogen-bond acceptors (Lipinski definition) is 7. The van der Waals surface area contributed by atoms with Crippen LogP contribution >= 0.6 is 0 Å². The molecule has 1 aromatic heterocycles. The van der Waals surface area contributed by atoms with Gasteiger partial charge in [0.25, 0.3) is 0 Å². The summed E-state index contributed by atoms with van der Waals surface area (Å²) >= 11 is 0. The van der Waals surface area contributed by atoms with Gasteiger partial charge in [-0.25, -0.2) is 5.43 Å². The van der Waals surface area contributed by atoms with E-state index in [1.165, 1.54) is 0 Å². The second kappa shape index (κ2) is 7.30. The molecule has 0 radical (unpaired) electrons. The van der Waals surface area contributed by atoms with Crippen LogP contribution in [-0.4, -0.2) is 38.3 Å². The van der Waals surface area contributed by atoms with Gasteiger partial charge in [-0.05, 0) is 35.4 Å². The molecule has 8 nitrogen and oxygen atoms in total. The molecule has 1 saturated heterocycles. The number of rotatable bonds is 6. The SMILES string of the molecule is CCCC1CC(C(=O)OCc2nnnn2-c2ccccc2)NN1. The van der Waals surface area contributed by atoms with Gasteiger partial charge in [0.2, 0.25) is 0 Å². The minimum absolute atomic E-state index is 0.0390. The molecule has 2 N–H and O–H groups in total. The second-order valence-corrected chi connectivity index (χ2v) is 5.51. The van der Waals surface area contributed by atoms with Gasteiger partial charge in [-0.2, -0.15) is 4.68 Å². The molecular weight excluding hydrogens is 296 g/mol. The number of hydrogen-bond donors (Lipinski definition) is 2. The molecule has 2 heterocycles. The Morgan fingerprint density at radius 2 is 2.17 bits per heavy atom. The zero-order valence-electron chi connectivity index (χ0n) is 13.0. The Kier molecular flexibility index (Phi) is 4.94. The van der Waals surface area contributed by atoms with Crippen LogP contribution in [0.25, 0.3) is 5.69 Å². The van der Waals surface area contributed by atoms with E-state index < -0.39 is 0 Å². The lowest BCUT2D eigenvalue weighted by Gasteiger charge is -2.10. The number of benzene rings is 1. The number of carbonyl (C=O) groups excluding carboxylic acids is 1. The Labute approximate surface area is 134 Å². The Balaban J connectivity index is 1.57. The molecule has 1 aromatic carbocycles. The molecule has 0 amide bonds. The topological polar surface area (TPSA) is 94.0 Å². The average Bonchev–Trinajstić information content (AvgIpc) is 3.23. The third kappa shape index (κ3) is 3.72. The smallest absolute Gasteiger partial charge is 0.324 e. The number of hydrazine groups is 1. The number of carbonyl (C=O) groups is 1. The molecule has 1 aliphatic rings. The molecule has 122 valence electrons. The van der Waals surface area contributed by atoms with Crippen LogP contribution in [-0.2, 0) is 16.1 Å². The van der Waals surface area contributed by atoms with Gasteiger partial charge in [0.1, 0.15) is 6.04 Å². The number of para-hydroxylation sites is 1. The van der Waals surface area contributed by atoms with Gasteiger partial charge in [-0.1, -0.05) is 31.5 Å². The van der Waals surface area contributed by atoms with E-state index in [2.05, 4.69) is 33.3 Å². The molecule has 0 spiro atoms. The van der Waals surface area contributed by atoms with Crippen molar-refractivity contribution in [3.05, 3.63) is 36.2 Å². The fraction of sp³-hybridized carbons (Fsp3) is 0.467. The minimum atomic E-state index is -0.326. The minimum Gasteiger partial charge on any atom is -0.456 e. The molecule has 0 saturated carbocycles. The first kappa shape index (κ1) is 15.6. The van der Waals surface area contributed by atoms with Gasteiger partial charge in [0.15, 0.2) is 12.4 Å². The molecule has 23 heavy (non-hydrogen) atoms. The molecule has 8 heteroatoms. The van der Waals surface area contributed by atoms with Crippen LogP contribution in [0.3, 0.4) is 0 Å². The summed E-state index contributed by atoms with van der Waals surface area (Å²) in [6, 6.07) is 9.47. The van der Waals surface area contributed by atoms with E-state index >= 15 is 0 Å². The van der Waals surface area contributed by atoms with Crippen LogP contribution in [0.15, 0.2) is 30.3 Å². The normalized spacial score (nSPS) is 20.6. The van der Waals surface area contributed by atoms with Gasteiger partial charge in [-0.15, -0.1) is 5.10 Å². The van der Waals surface area contributed by atoms with Crippen molar-refractivity contribution in [3.63, 3.8) is 0 Å². The van der Waals surface area contributed by atoms with Crippen molar-refractivity contribution in [2.45, 2.75) is 44.9 Å². The van der Waals surface area contributed by atoms with Gasteiger partial charge in [-0.3, -0.25) is 10.2 Å². The summed E-state index contributed by atoms with van der Waals surface area (Å²) in [6.07, 6.45) is 2.84. The first-order valence-corrected chi connectivity index (χ1v) is 7.78. The van der Waals surface area contributed by atoms with Crippen molar-refractivity contribution < 1.29 is 9.53 Å². The number of tetrazole rings is 1. The predicted molar refractivity (Wildman–Crippen MR) is 82.3 cm³/mol. The maximum Gasteiger partial charge on any atom is 0.324 e. The van der Waals surface area contributed by atoms with Crippen LogP contribution in [0.5, 0.6) is 0 Å². The van der Waals surface area contributed by atoms with Crippen molar-refractivity contribution in [1.82, 2.24) is 31.1 Å². The zero-order chi connectivity index (χ0) is 16.1. The van der Waals surface area contributed by atoms with Gasteiger partial charge in [0.05, 0.1) is 5.69 Å². The molecule has 0 bridgehead atoms. The molecular formula is C15H20N6O2. The Morgan fingerprint density at radius 3 is 2.96 bits per heavy atom. The van der Waals surface area contributed by atoms with Crippen molar-refractivity contribution >= 4 is 5.97 Å². The number of nitrogens with one attached hydrogen (secondary N) is 2. The summed E-state index contributed by atoms with van der Waals surface area (Å²) < 4.78 is 6.92. The number of nitrogens with zero attached hydrogens (tertiary/aromatic N) is 4. The largest absolute Gasteiger partial charge is 0.456 e. The third-order valence-corrected chi connectivity index (χ3v) is 3.78. The van der Waals surface area contributed by atoms with Gasteiger partial charge in [0, 0.05) is 6.04 Å². The Bertz CT molecular complexity index is 644. The van der Waals surface area contributed by atoms with Crippen molar-refractivity contribution in [1.29, 1.82) is 0 Å². The van der Waals surface area contributed by atoms with Crippen LogP contribution in [0.1, 0.15) is 32.0 Å². The third-order valence-electron chi connectivity index (χ3n) is 3.78. The van der Waals surface area contributed by atoms with Crippen LogP contribution in [0.4, 0.5) is 0 Å². The molecule has 3 rings (SSSR count). The molecule has 1 aliphatic heterocycles. The zero-order valence-corrected chi connectivity index (χ0v) is 13.0. The van der Waals surface area contributed by atoms with Crippen molar-refractivity contribution in [2.75, 3.05) is 0 Å². The van der Waals surface area contributed by atoms with E-state index in [0.717, 1.165) is 24.9 Å². The summed E-state index contributed by atoms with van der Waals surface area (Å²) in [5.74, 6) is 0.194. The average molecular weight is 316 g/mol. The highest BCUT2D eigenvalue weighted by atomic mass is 16.5. The van der Waals surface area contributed by atoms with Crippen molar-refractivity contribution in [2.24, 2.45) is 0 Å². The second-order valence-electron chi connectivity index (χ2n) is 5.51. The lowest BCUT2D eigenvalue weighted by molar-refractivity contribution is -0.147. The quantitative estimate of drug-likeness (QED) is 0.759. The first-order chi connectivity index (χ1) is 11.3. The number of ether oxygens (including phenoxy) is 1. The fourth-order valence-electron chi connectivity index (χ4n) is 2.62. The highest BCUT2D eigenvalue weighted by Crippen LogP contribution is 2.13. The summed E-state index contributed by atoms with van der Waals surface area (Å²) in [5.41, 5.74) is 6.93. The van der Waals surface area contributed by atoms with Crippen LogP contribution in [0, 0.1) is 0 Å². The first-order valence-electron chi connectivity index (χ1n) is 7.78. The summed E-state index contributed by atoms with van der Waals surface area (Å²) in [5, 5.41) is 11.5. The summed E-state index contributed by atoms with van der Waals surface area (Å²) in [7, 11) is 0. The van der Waals surface area contributed by atoms with Gasteiger partial charge < -0.3 is 4.74 Å². The predicted octanol–water partition coefficient (Wildman–Crippen LogP) is 0.741. The molecule has 2 atom stereocenters. The monoisotopic (exact) mass is 316 g/mol. The van der Waals surface area contributed by atoms with Crippen LogP contribution in [0.2, 0.25) is 0 Å². The number of esters is 1. The number of aromatic nitrogens is 4. The maximum atomic E-state index is 12.1. The van der Waals surface area contributed by atoms with E-state index in [1.807, 2.05) is 30.3 Å². The van der Waals surface area contributed by atoms with Crippen LogP contribution < -0.4 is 10.9 Å². The Hall–Kier alpha value is -2.32. The van der Waals surface area contributed by atoms with E-state index in [1.54, 1.807) is 4.68 Å². The van der Waals surface area contributed by atoms with Crippen molar-refractivity contribution in [3.8, 4) is 5.69 Å². The van der Waals surface area contributed by atoms with E-state index in [0.29, 0.717) is 11.9 Å². The Morgan fingerprint density at radius 1 is 1.35 bits per heavy atom. The standard InChI is InChI=1S/C15H20N6O2/c1-2-6-11-9-13(17-16-11)15(22)23-10-14-18-19-20-21(14)12-7-4-3-5-8-12/h3-5,7-8,11,13,16-17H,2,6,9-10H2,1H3. The molecule has 1 fully saturated rings. The van der Waals surface area contributed by atoms with E-state index in [-0.39, 0.29) is 18.6 Å². The highest BCUT2D eigenvalue weighted by Gasteiger charge is 2.30. The fourth-order valence-corrected chi connectivity index (χ4v) is 2.62. The van der Waals surface area contributed by atoms with Gasteiger partial charge >= 0.3 is 5.97 Å².